The molecule has 1 amide bonds. The quantitative estimate of drug-likeness (QED) is 0.714. The molecule has 1 aromatic carbocycles. The smallest absolute Gasteiger partial charge is 0.276 e. The predicted octanol–water partition coefficient (Wildman–Crippen LogP) is -0.333. The van der Waals surface area contributed by atoms with Gasteiger partial charge in [0.15, 0.2) is 6.54 Å². The van der Waals surface area contributed by atoms with E-state index >= 15 is 0 Å². The normalized spacial score (nSPS) is 20.9. The predicted molar refractivity (Wildman–Crippen MR) is 95.7 cm³/mol. The molecule has 1 aliphatic heterocycles. The number of hydrogen-bond acceptors (Lipinski definition) is 4. The van der Waals surface area contributed by atoms with Gasteiger partial charge in [0.2, 0.25) is 10.0 Å². The number of piperazine rings is 1. The highest BCUT2D eigenvalue weighted by Gasteiger charge is 2.37. The summed E-state index contributed by atoms with van der Waals surface area (Å²) < 4.78 is 39.6. The van der Waals surface area contributed by atoms with Crippen molar-refractivity contribution in [1.29, 1.82) is 5.26 Å². The first-order valence-electron chi connectivity index (χ1n) is 9.16. The fourth-order valence-corrected chi connectivity index (χ4v) is 5.20. The van der Waals surface area contributed by atoms with Crippen LogP contribution in [0.3, 0.4) is 0 Å². The second-order valence-corrected chi connectivity index (χ2v) is 9.17. The van der Waals surface area contributed by atoms with Gasteiger partial charge in [-0.05, 0) is 49.9 Å². The van der Waals surface area contributed by atoms with Crippen LogP contribution in [0.4, 0.5) is 4.39 Å². The highest BCUT2D eigenvalue weighted by molar-refractivity contribution is 7.89. The van der Waals surface area contributed by atoms with E-state index in [1.54, 1.807) is 0 Å². The Morgan fingerprint density at radius 3 is 2.37 bits per heavy atom. The zero-order chi connectivity index (χ0) is 19.5. The molecule has 2 fully saturated rings. The number of hydrogen-bond donors (Lipinski definition) is 2. The molecule has 1 aromatic rings. The number of halogens is 1. The van der Waals surface area contributed by atoms with Gasteiger partial charge in [0.1, 0.15) is 11.4 Å². The fourth-order valence-electron chi connectivity index (χ4n) is 3.76. The van der Waals surface area contributed by atoms with Crippen LogP contribution >= 0.6 is 0 Å². The molecule has 0 aromatic heterocycles. The van der Waals surface area contributed by atoms with Crippen LogP contribution in [0.5, 0.6) is 0 Å². The van der Waals surface area contributed by atoms with Crippen molar-refractivity contribution < 1.29 is 22.5 Å². The van der Waals surface area contributed by atoms with Gasteiger partial charge >= 0.3 is 0 Å². The average molecular weight is 395 g/mol. The molecule has 2 N–H and O–H groups in total. The molecule has 0 radical (unpaired) electrons. The molecule has 146 valence electrons. The van der Waals surface area contributed by atoms with Gasteiger partial charge in [0.25, 0.3) is 5.91 Å². The van der Waals surface area contributed by atoms with E-state index in [9.17, 15) is 22.9 Å². The van der Waals surface area contributed by atoms with Crippen LogP contribution in [0.15, 0.2) is 29.2 Å². The van der Waals surface area contributed by atoms with Gasteiger partial charge in [0.05, 0.1) is 37.1 Å². The van der Waals surface area contributed by atoms with Crippen LogP contribution in [0.25, 0.3) is 0 Å². The summed E-state index contributed by atoms with van der Waals surface area (Å²) >= 11 is 0. The monoisotopic (exact) mass is 395 g/mol. The lowest BCUT2D eigenvalue weighted by Crippen LogP contribution is -3.16. The molecule has 3 rings (SSSR count). The summed E-state index contributed by atoms with van der Waals surface area (Å²) in [5.41, 5.74) is -0.732. The summed E-state index contributed by atoms with van der Waals surface area (Å²) in [7, 11) is -3.65. The van der Waals surface area contributed by atoms with E-state index in [2.05, 4.69) is 11.4 Å². The first-order valence-corrected chi connectivity index (χ1v) is 10.6. The zero-order valence-electron chi connectivity index (χ0n) is 15.1. The van der Waals surface area contributed by atoms with Crippen LogP contribution in [0.1, 0.15) is 25.7 Å². The number of rotatable bonds is 5. The molecular formula is C18H24FN4O3S+. The van der Waals surface area contributed by atoms with Crippen molar-refractivity contribution in [3.05, 3.63) is 30.1 Å². The number of benzene rings is 1. The fraction of sp³-hybridized carbons (Fsp3) is 0.556. The maximum absolute atomic E-state index is 13.0. The lowest BCUT2D eigenvalue weighted by atomic mass is 10.00. The summed E-state index contributed by atoms with van der Waals surface area (Å²) in [5.74, 6) is -0.644. The number of nitrogens with zero attached hydrogens (tertiary/aromatic N) is 2. The molecule has 1 heterocycles. The highest BCUT2D eigenvalue weighted by Crippen LogP contribution is 2.28. The topological polar surface area (TPSA) is 94.7 Å². The van der Waals surface area contributed by atoms with Crippen molar-refractivity contribution in [3.63, 3.8) is 0 Å². The van der Waals surface area contributed by atoms with Crippen molar-refractivity contribution in [1.82, 2.24) is 9.62 Å². The molecule has 9 heteroatoms. The Balaban J connectivity index is 1.53. The molecule has 1 saturated heterocycles. The molecule has 0 bridgehead atoms. The first-order chi connectivity index (χ1) is 12.8. The maximum atomic E-state index is 13.0. The Morgan fingerprint density at radius 1 is 1.22 bits per heavy atom. The number of quaternary nitrogens is 1. The van der Waals surface area contributed by atoms with Gasteiger partial charge in [-0.3, -0.25) is 4.79 Å². The number of nitriles is 1. The Bertz CT molecular complexity index is 821. The van der Waals surface area contributed by atoms with Gasteiger partial charge in [-0.2, -0.15) is 9.57 Å². The summed E-state index contributed by atoms with van der Waals surface area (Å²) in [6, 6.07) is 7.03. The summed E-state index contributed by atoms with van der Waals surface area (Å²) in [4.78, 5) is 13.4. The van der Waals surface area contributed by atoms with E-state index in [1.165, 1.54) is 16.4 Å². The zero-order valence-corrected chi connectivity index (χ0v) is 15.9. The van der Waals surface area contributed by atoms with Crippen molar-refractivity contribution >= 4 is 15.9 Å². The largest absolute Gasteiger partial charge is 0.333 e. The standard InChI is InChI=1S/C18H23FN4O3S/c19-15-3-5-16(6-4-15)27(25,26)23-11-9-22(10-12-23)13-17(24)21-18(14-20)7-1-2-8-18/h3-6H,1-2,7-13H2,(H,21,24)/p+1. The van der Waals surface area contributed by atoms with Crippen LogP contribution in [0.2, 0.25) is 0 Å². The van der Waals surface area contributed by atoms with E-state index in [1.807, 2.05) is 0 Å². The van der Waals surface area contributed by atoms with Crippen LogP contribution in [0, 0.1) is 17.1 Å². The van der Waals surface area contributed by atoms with Gasteiger partial charge in [0, 0.05) is 0 Å². The van der Waals surface area contributed by atoms with E-state index in [-0.39, 0.29) is 17.3 Å². The third-order valence-corrected chi connectivity index (χ3v) is 7.25. The van der Waals surface area contributed by atoms with E-state index in [0.29, 0.717) is 39.0 Å². The number of sulfonamides is 1. The molecule has 0 spiro atoms. The molecular weight excluding hydrogens is 371 g/mol. The van der Waals surface area contributed by atoms with Crippen molar-refractivity contribution in [3.8, 4) is 6.07 Å². The minimum atomic E-state index is -3.65. The minimum Gasteiger partial charge on any atom is -0.333 e. The third kappa shape index (κ3) is 4.46. The number of nitrogens with one attached hydrogen (secondary N) is 2. The second kappa shape index (κ2) is 7.92. The van der Waals surface area contributed by atoms with E-state index < -0.39 is 21.4 Å². The van der Waals surface area contributed by atoms with Gasteiger partial charge in [-0.15, -0.1) is 0 Å². The lowest BCUT2D eigenvalue weighted by molar-refractivity contribution is -0.895. The number of carbonyl (C=O) groups is 1. The highest BCUT2D eigenvalue weighted by atomic mass is 32.2. The average Bonchev–Trinajstić information content (AvgIpc) is 3.11. The molecule has 0 atom stereocenters. The van der Waals surface area contributed by atoms with Crippen molar-refractivity contribution in [2.75, 3.05) is 32.7 Å². The summed E-state index contributed by atoms with van der Waals surface area (Å²) in [6.45, 7) is 1.84. The molecule has 7 nitrogen and oxygen atoms in total. The first kappa shape index (κ1) is 19.7. The molecule has 0 unspecified atom stereocenters. The van der Waals surface area contributed by atoms with Gasteiger partial charge in [-0.25, -0.2) is 12.8 Å². The lowest BCUT2D eigenvalue weighted by Gasteiger charge is -2.32. The summed E-state index contributed by atoms with van der Waals surface area (Å²) in [6.07, 6.45) is 3.27. The SMILES string of the molecule is N#CC1(NC(=O)C[NH+]2CCN(S(=O)(=O)c3ccc(F)cc3)CC2)CCCC1. The van der Waals surface area contributed by atoms with Gasteiger partial charge < -0.3 is 10.2 Å². The van der Waals surface area contributed by atoms with Crippen molar-refractivity contribution in [2.45, 2.75) is 36.1 Å². The second-order valence-electron chi connectivity index (χ2n) is 7.23. The Kier molecular flexibility index (Phi) is 5.79. The van der Waals surface area contributed by atoms with Crippen LogP contribution in [-0.4, -0.2) is 56.9 Å². The maximum Gasteiger partial charge on any atom is 0.276 e. The molecule has 2 aliphatic rings. The van der Waals surface area contributed by atoms with Crippen LogP contribution < -0.4 is 10.2 Å². The van der Waals surface area contributed by atoms with E-state index in [4.69, 9.17) is 0 Å². The molecule has 1 aliphatic carbocycles. The van der Waals surface area contributed by atoms with Crippen LogP contribution in [-0.2, 0) is 14.8 Å². The Labute approximate surface area is 158 Å². The molecule has 27 heavy (non-hydrogen) atoms. The number of amides is 1. The van der Waals surface area contributed by atoms with Crippen molar-refractivity contribution in [2.24, 2.45) is 0 Å². The van der Waals surface area contributed by atoms with Gasteiger partial charge in [-0.1, -0.05) is 0 Å². The third-order valence-electron chi connectivity index (χ3n) is 5.34. The molecule has 1 saturated carbocycles. The minimum absolute atomic E-state index is 0.0716. The number of carbonyl (C=O) groups excluding carboxylic acids is 1. The Hall–Kier alpha value is -2.02. The Morgan fingerprint density at radius 2 is 1.81 bits per heavy atom. The van der Waals surface area contributed by atoms with E-state index in [0.717, 1.165) is 29.9 Å². The summed E-state index contributed by atoms with van der Waals surface area (Å²) in [5, 5.41) is 12.2.